The predicted octanol–water partition coefficient (Wildman–Crippen LogP) is 4.20. The summed E-state index contributed by atoms with van der Waals surface area (Å²) < 4.78 is 15.9. The van der Waals surface area contributed by atoms with Gasteiger partial charge in [-0.3, -0.25) is 0 Å². The molecule has 0 saturated carbocycles. The van der Waals surface area contributed by atoms with Crippen LogP contribution in [0.4, 0.5) is 0 Å². The number of allylic oxidation sites excluding steroid dienone is 1. The van der Waals surface area contributed by atoms with Crippen molar-refractivity contribution >= 4 is 23.0 Å². The molecule has 0 atom stereocenters. The number of hydrogen-bond acceptors (Lipinski definition) is 6. The number of thiazole rings is 1. The summed E-state index contributed by atoms with van der Waals surface area (Å²) in [5.41, 5.74) is 2.19. The van der Waals surface area contributed by atoms with E-state index in [1.807, 2.05) is 23.6 Å². The number of aromatic nitrogens is 1. The molecule has 1 aliphatic heterocycles. The molecule has 0 bridgehead atoms. The van der Waals surface area contributed by atoms with E-state index in [1.165, 1.54) is 11.3 Å². The molecule has 0 aliphatic carbocycles. The number of fused-ring (bicyclic) bond motifs is 1. The summed E-state index contributed by atoms with van der Waals surface area (Å²) >= 11 is 1.42. The first-order valence-corrected chi connectivity index (χ1v) is 7.73. The maximum Gasteiger partial charge on any atom is 0.231 e. The number of hydrogen-bond donors (Lipinski definition) is 0. The highest BCUT2D eigenvalue weighted by atomic mass is 32.1. The third kappa shape index (κ3) is 2.58. The van der Waals surface area contributed by atoms with Crippen molar-refractivity contribution in [2.45, 2.75) is 0 Å². The lowest BCUT2D eigenvalue weighted by atomic mass is 10.1. The number of ether oxygens (including phenoxy) is 2. The molecule has 3 aromatic rings. The second-order valence-electron chi connectivity index (χ2n) is 4.79. The van der Waals surface area contributed by atoms with Crippen LogP contribution in [0.1, 0.15) is 10.8 Å². The Labute approximate surface area is 136 Å². The highest BCUT2D eigenvalue weighted by Gasteiger charge is 2.16. The fourth-order valence-corrected chi connectivity index (χ4v) is 3.04. The Morgan fingerprint density at radius 3 is 3.00 bits per heavy atom. The Balaban J connectivity index is 1.68. The average Bonchev–Trinajstić information content (AvgIpc) is 3.31. The van der Waals surface area contributed by atoms with E-state index in [4.69, 9.17) is 13.9 Å². The summed E-state index contributed by atoms with van der Waals surface area (Å²) in [7, 11) is 0. The Morgan fingerprint density at radius 2 is 2.17 bits per heavy atom. The molecule has 0 N–H and O–H groups in total. The lowest BCUT2D eigenvalue weighted by Gasteiger charge is -1.99. The zero-order valence-corrected chi connectivity index (χ0v) is 12.7. The van der Waals surface area contributed by atoms with Crippen LogP contribution in [0.2, 0.25) is 0 Å². The zero-order chi connectivity index (χ0) is 15.6. The molecular weight excluding hydrogens is 312 g/mol. The third-order valence-corrected chi connectivity index (χ3v) is 4.23. The number of furan rings is 1. The van der Waals surface area contributed by atoms with E-state index in [9.17, 15) is 5.26 Å². The van der Waals surface area contributed by atoms with Crippen molar-refractivity contribution in [3.63, 3.8) is 0 Å². The molecule has 0 saturated heterocycles. The van der Waals surface area contributed by atoms with E-state index in [-0.39, 0.29) is 6.79 Å². The topological polar surface area (TPSA) is 68.3 Å². The lowest BCUT2D eigenvalue weighted by Crippen LogP contribution is -1.92. The maximum absolute atomic E-state index is 9.36. The molecule has 3 heterocycles. The molecular formula is C17H10N2O3S. The van der Waals surface area contributed by atoms with Crippen LogP contribution in [0.25, 0.3) is 22.9 Å². The van der Waals surface area contributed by atoms with Crippen molar-refractivity contribution < 1.29 is 13.9 Å². The molecule has 0 radical (unpaired) electrons. The molecule has 1 aromatic carbocycles. The van der Waals surface area contributed by atoms with E-state index >= 15 is 0 Å². The fraction of sp³-hybridized carbons (Fsp3) is 0.0588. The quantitative estimate of drug-likeness (QED) is 0.676. The average molecular weight is 322 g/mol. The molecule has 1 aliphatic rings. The van der Waals surface area contributed by atoms with Gasteiger partial charge in [-0.15, -0.1) is 11.3 Å². The van der Waals surface area contributed by atoms with Crippen LogP contribution in [-0.4, -0.2) is 11.8 Å². The van der Waals surface area contributed by atoms with Gasteiger partial charge in [0, 0.05) is 17.0 Å². The van der Waals surface area contributed by atoms with Gasteiger partial charge in [-0.2, -0.15) is 5.26 Å². The van der Waals surface area contributed by atoms with Gasteiger partial charge in [0.1, 0.15) is 16.8 Å². The number of rotatable bonds is 3. The van der Waals surface area contributed by atoms with Gasteiger partial charge in [0.15, 0.2) is 11.5 Å². The predicted molar refractivity (Wildman–Crippen MR) is 85.9 cm³/mol. The number of benzene rings is 1. The second kappa shape index (κ2) is 5.63. The van der Waals surface area contributed by atoms with Gasteiger partial charge < -0.3 is 13.9 Å². The molecule has 0 spiro atoms. The summed E-state index contributed by atoms with van der Waals surface area (Å²) in [6.07, 6.45) is 3.25. The van der Waals surface area contributed by atoms with Crippen molar-refractivity contribution in [1.29, 1.82) is 5.26 Å². The Hall–Kier alpha value is -3.04. The summed E-state index contributed by atoms with van der Waals surface area (Å²) in [4.78, 5) is 4.55. The standard InChI is InChI=1S/C17H10N2O3S/c18-8-12(6-13-2-1-5-20-13)17-19-14(9-23-17)11-3-4-15-16(7-11)22-10-21-15/h1-7,9H,10H2. The van der Waals surface area contributed by atoms with Crippen molar-refractivity contribution in [2.24, 2.45) is 0 Å². The van der Waals surface area contributed by atoms with Gasteiger partial charge in [-0.25, -0.2) is 4.98 Å². The van der Waals surface area contributed by atoms with Crippen molar-refractivity contribution in [1.82, 2.24) is 4.98 Å². The summed E-state index contributed by atoms with van der Waals surface area (Å²) in [5.74, 6) is 2.07. The molecule has 112 valence electrons. The molecule has 6 heteroatoms. The van der Waals surface area contributed by atoms with E-state index in [0.29, 0.717) is 22.1 Å². The lowest BCUT2D eigenvalue weighted by molar-refractivity contribution is 0.174. The third-order valence-electron chi connectivity index (χ3n) is 3.35. The highest BCUT2D eigenvalue weighted by molar-refractivity contribution is 7.11. The van der Waals surface area contributed by atoms with Gasteiger partial charge in [-0.1, -0.05) is 0 Å². The van der Waals surface area contributed by atoms with E-state index < -0.39 is 0 Å². The molecule has 23 heavy (non-hydrogen) atoms. The van der Waals surface area contributed by atoms with Gasteiger partial charge in [0.2, 0.25) is 6.79 Å². The first-order valence-electron chi connectivity index (χ1n) is 6.85. The second-order valence-corrected chi connectivity index (χ2v) is 5.65. The number of nitriles is 1. The Bertz CT molecular complexity index is 920. The van der Waals surface area contributed by atoms with Crippen molar-refractivity contribution in [3.8, 4) is 28.8 Å². The molecule has 0 unspecified atom stereocenters. The first kappa shape index (κ1) is 13.6. The summed E-state index contributed by atoms with van der Waals surface area (Å²) in [5, 5.41) is 11.9. The van der Waals surface area contributed by atoms with Crippen LogP contribution in [0, 0.1) is 11.3 Å². The van der Waals surface area contributed by atoms with Gasteiger partial charge in [-0.05, 0) is 30.3 Å². The van der Waals surface area contributed by atoms with E-state index in [0.717, 1.165) is 17.0 Å². The molecule has 0 amide bonds. The fourth-order valence-electron chi connectivity index (χ4n) is 2.24. The van der Waals surface area contributed by atoms with Crippen molar-refractivity contribution in [3.05, 3.63) is 52.7 Å². The van der Waals surface area contributed by atoms with Crippen LogP contribution < -0.4 is 9.47 Å². The maximum atomic E-state index is 9.36. The van der Waals surface area contributed by atoms with Crippen LogP contribution in [0.5, 0.6) is 11.5 Å². The Kier molecular flexibility index (Phi) is 3.33. The van der Waals surface area contributed by atoms with Crippen LogP contribution in [-0.2, 0) is 0 Å². The molecule has 0 fully saturated rings. The Morgan fingerprint density at radius 1 is 1.26 bits per heavy atom. The highest BCUT2D eigenvalue weighted by Crippen LogP contribution is 2.36. The van der Waals surface area contributed by atoms with Crippen LogP contribution in [0.3, 0.4) is 0 Å². The largest absolute Gasteiger partial charge is 0.465 e. The smallest absolute Gasteiger partial charge is 0.231 e. The van der Waals surface area contributed by atoms with Gasteiger partial charge in [0.05, 0.1) is 17.5 Å². The van der Waals surface area contributed by atoms with E-state index in [2.05, 4.69) is 11.1 Å². The molecule has 4 rings (SSSR count). The van der Waals surface area contributed by atoms with Crippen molar-refractivity contribution in [2.75, 3.05) is 6.79 Å². The molecule has 2 aromatic heterocycles. The number of nitrogens with zero attached hydrogens (tertiary/aromatic N) is 2. The zero-order valence-electron chi connectivity index (χ0n) is 11.9. The van der Waals surface area contributed by atoms with E-state index in [1.54, 1.807) is 24.5 Å². The normalized spacial score (nSPS) is 13.1. The summed E-state index contributed by atoms with van der Waals surface area (Å²) in [6, 6.07) is 11.4. The van der Waals surface area contributed by atoms with Crippen LogP contribution in [0.15, 0.2) is 46.4 Å². The van der Waals surface area contributed by atoms with Gasteiger partial charge >= 0.3 is 0 Å². The summed E-state index contributed by atoms with van der Waals surface area (Å²) in [6.45, 7) is 0.242. The first-order chi connectivity index (χ1) is 11.3. The minimum absolute atomic E-state index is 0.242. The minimum Gasteiger partial charge on any atom is -0.465 e. The molecule has 5 nitrogen and oxygen atoms in total. The minimum atomic E-state index is 0.242. The SMILES string of the molecule is N#CC(=Cc1ccco1)c1nc(-c2ccc3c(c2)OCO3)cs1. The monoisotopic (exact) mass is 322 g/mol. The van der Waals surface area contributed by atoms with Crippen LogP contribution >= 0.6 is 11.3 Å². The van der Waals surface area contributed by atoms with Gasteiger partial charge in [0.25, 0.3) is 0 Å².